The number of aryl methyl sites for hydroxylation is 2. The molecule has 3 aromatic rings. The van der Waals surface area contributed by atoms with Gasteiger partial charge in [-0.25, -0.2) is 0 Å². The van der Waals surface area contributed by atoms with Gasteiger partial charge in [0, 0.05) is 18.9 Å². The number of hydrogen-bond donors (Lipinski definition) is 1. The second-order valence-electron chi connectivity index (χ2n) is 8.22. The van der Waals surface area contributed by atoms with Crippen LogP contribution in [0.4, 0.5) is 0 Å². The van der Waals surface area contributed by atoms with E-state index < -0.39 is 17.7 Å². The van der Waals surface area contributed by atoms with Crippen molar-refractivity contribution in [2.45, 2.75) is 26.4 Å². The van der Waals surface area contributed by atoms with Gasteiger partial charge in [-0.2, -0.15) is 0 Å². The molecule has 1 fully saturated rings. The third-order valence-corrected chi connectivity index (χ3v) is 5.95. The van der Waals surface area contributed by atoms with Gasteiger partial charge in [-0.3, -0.25) is 14.6 Å². The predicted molar refractivity (Wildman–Crippen MR) is 128 cm³/mol. The highest BCUT2D eigenvalue weighted by atomic mass is 16.5. The summed E-state index contributed by atoms with van der Waals surface area (Å²) >= 11 is 0. The number of ether oxygens (including phenoxy) is 2. The second kappa shape index (κ2) is 9.39. The maximum atomic E-state index is 13.3. The lowest BCUT2D eigenvalue weighted by Crippen LogP contribution is -2.29. The van der Waals surface area contributed by atoms with Crippen LogP contribution in [0.2, 0.25) is 0 Å². The fraction of sp³-hybridized carbons (Fsp3) is 0.222. The Hall–Kier alpha value is -4.13. The smallest absolute Gasteiger partial charge is 0.295 e. The van der Waals surface area contributed by atoms with Crippen molar-refractivity contribution >= 4 is 17.4 Å². The number of pyridine rings is 1. The number of rotatable bonds is 6. The number of hydrogen-bond acceptors (Lipinski definition) is 6. The molecule has 7 nitrogen and oxygen atoms in total. The Bertz CT molecular complexity index is 1270. The van der Waals surface area contributed by atoms with E-state index in [-0.39, 0.29) is 17.9 Å². The maximum Gasteiger partial charge on any atom is 0.295 e. The zero-order valence-electron chi connectivity index (χ0n) is 19.5. The highest BCUT2D eigenvalue weighted by Gasteiger charge is 2.46. The molecule has 1 N–H and O–H groups in total. The molecule has 0 aliphatic carbocycles. The molecule has 7 heteroatoms. The van der Waals surface area contributed by atoms with Crippen LogP contribution in [0.25, 0.3) is 5.76 Å². The van der Waals surface area contributed by atoms with Crippen LogP contribution in [0, 0.1) is 13.8 Å². The first kappa shape index (κ1) is 23.0. The van der Waals surface area contributed by atoms with Crippen LogP contribution in [-0.2, 0) is 16.1 Å². The zero-order valence-corrected chi connectivity index (χ0v) is 19.5. The minimum atomic E-state index is -0.782. The van der Waals surface area contributed by atoms with E-state index in [1.807, 2.05) is 32.0 Å². The van der Waals surface area contributed by atoms with Gasteiger partial charge in [0.2, 0.25) is 0 Å². The molecule has 1 amide bonds. The minimum Gasteiger partial charge on any atom is -0.507 e. The lowest BCUT2D eigenvalue weighted by Gasteiger charge is -2.25. The SMILES string of the molecule is COc1ccc(CN2C(=O)C(=O)/C(=C(/O)c3cc(C)cc(C)c3OC)C2c2ccncc2)cc1. The Morgan fingerprint density at radius 1 is 1.00 bits per heavy atom. The fourth-order valence-electron chi connectivity index (χ4n) is 4.41. The average Bonchev–Trinajstić information content (AvgIpc) is 3.09. The summed E-state index contributed by atoms with van der Waals surface area (Å²) in [6.07, 6.45) is 3.19. The summed E-state index contributed by atoms with van der Waals surface area (Å²) in [7, 11) is 3.09. The predicted octanol–water partition coefficient (Wildman–Crippen LogP) is 4.34. The van der Waals surface area contributed by atoms with E-state index in [9.17, 15) is 14.7 Å². The van der Waals surface area contributed by atoms with Gasteiger partial charge in [0.1, 0.15) is 17.3 Å². The summed E-state index contributed by atoms with van der Waals surface area (Å²) in [6, 6.07) is 13.7. The molecule has 34 heavy (non-hydrogen) atoms. The molecule has 1 unspecified atom stereocenters. The first-order chi connectivity index (χ1) is 16.3. The van der Waals surface area contributed by atoms with Gasteiger partial charge in [0.25, 0.3) is 11.7 Å². The molecule has 1 aromatic heterocycles. The molecular formula is C27H26N2O5. The quantitative estimate of drug-likeness (QED) is 0.336. The van der Waals surface area contributed by atoms with E-state index in [2.05, 4.69) is 4.98 Å². The van der Waals surface area contributed by atoms with Crippen LogP contribution in [-0.4, -0.2) is 40.9 Å². The number of aromatic nitrogens is 1. The molecule has 2 aromatic carbocycles. The largest absolute Gasteiger partial charge is 0.507 e. The van der Waals surface area contributed by atoms with Crippen molar-refractivity contribution in [3.05, 3.63) is 94.3 Å². The number of methoxy groups -OCH3 is 2. The lowest BCUT2D eigenvalue weighted by atomic mass is 9.94. The summed E-state index contributed by atoms with van der Waals surface area (Å²) in [5, 5.41) is 11.4. The number of Topliss-reactive ketones (excluding diaryl/α,β-unsaturated/α-hetero) is 1. The molecule has 4 rings (SSSR count). The minimum absolute atomic E-state index is 0.0213. The fourth-order valence-corrected chi connectivity index (χ4v) is 4.41. The Labute approximate surface area is 198 Å². The normalized spacial score (nSPS) is 17.2. The van der Waals surface area contributed by atoms with Gasteiger partial charge in [-0.15, -0.1) is 0 Å². The summed E-state index contributed by atoms with van der Waals surface area (Å²) < 4.78 is 10.7. The lowest BCUT2D eigenvalue weighted by molar-refractivity contribution is -0.140. The molecule has 1 aliphatic rings. The Balaban J connectivity index is 1.88. The molecule has 174 valence electrons. The second-order valence-corrected chi connectivity index (χ2v) is 8.22. The summed E-state index contributed by atoms with van der Waals surface area (Å²) in [4.78, 5) is 32.0. The van der Waals surface area contributed by atoms with E-state index in [0.717, 1.165) is 16.7 Å². The molecule has 1 saturated heterocycles. The van der Waals surface area contributed by atoms with E-state index in [1.54, 1.807) is 49.8 Å². The molecule has 1 aliphatic heterocycles. The number of amides is 1. The van der Waals surface area contributed by atoms with Gasteiger partial charge in [0.15, 0.2) is 0 Å². The van der Waals surface area contributed by atoms with Crippen molar-refractivity contribution < 1.29 is 24.2 Å². The van der Waals surface area contributed by atoms with Crippen LogP contribution < -0.4 is 9.47 Å². The van der Waals surface area contributed by atoms with Gasteiger partial charge < -0.3 is 19.5 Å². The van der Waals surface area contributed by atoms with Gasteiger partial charge >= 0.3 is 0 Å². The first-order valence-electron chi connectivity index (χ1n) is 10.8. The number of carbonyl (C=O) groups excluding carboxylic acids is 2. The van der Waals surface area contributed by atoms with Crippen LogP contribution in [0.3, 0.4) is 0 Å². The average molecular weight is 459 g/mol. The van der Waals surface area contributed by atoms with Crippen LogP contribution in [0.1, 0.15) is 33.9 Å². The highest BCUT2D eigenvalue weighted by molar-refractivity contribution is 6.46. The van der Waals surface area contributed by atoms with Crippen LogP contribution in [0.5, 0.6) is 11.5 Å². The monoisotopic (exact) mass is 458 g/mol. The Morgan fingerprint density at radius 3 is 2.29 bits per heavy atom. The van der Waals surface area contributed by atoms with Crippen molar-refractivity contribution in [1.29, 1.82) is 0 Å². The third kappa shape index (κ3) is 4.12. The first-order valence-corrected chi connectivity index (χ1v) is 10.8. The molecule has 0 radical (unpaired) electrons. The number of carbonyl (C=O) groups is 2. The number of benzene rings is 2. The Morgan fingerprint density at radius 2 is 1.68 bits per heavy atom. The standard InChI is InChI=1S/C27H26N2O5/c1-16-13-17(2)26(34-4)21(14-16)24(30)22-23(19-9-11-28-12-10-19)29(27(32)25(22)31)15-18-5-7-20(33-3)8-6-18/h5-14,23,30H,15H2,1-4H3/b24-22+. The van der Waals surface area contributed by atoms with E-state index in [4.69, 9.17) is 9.47 Å². The molecule has 1 atom stereocenters. The third-order valence-electron chi connectivity index (χ3n) is 5.95. The topological polar surface area (TPSA) is 89.0 Å². The highest BCUT2D eigenvalue weighted by Crippen LogP contribution is 2.42. The summed E-state index contributed by atoms with van der Waals surface area (Å²) in [5.74, 6) is -0.533. The maximum absolute atomic E-state index is 13.3. The molecular weight excluding hydrogens is 432 g/mol. The van der Waals surface area contributed by atoms with Crippen LogP contribution >= 0.6 is 0 Å². The van der Waals surface area contributed by atoms with Crippen molar-refractivity contribution in [1.82, 2.24) is 9.88 Å². The van der Waals surface area contributed by atoms with E-state index >= 15 is 0 Å². The Kier molecular flexibility index (Phi) is 6.36. The number of nitrogens with zero attached hydrogens (tertiary/aromatic N) is 2. The van der Waals surface area contributed by atoms with Crippen molar-refractivity contribution in [2.75, 3.05) is 14.2 Å². The van der Waals surface area contributed by atoms with Gasteiger partial charge in [0.05, 0.1) is 31.4 Å². The number of likely N-dealkylation sites (tertiary alicyclic amines) is 1. The number of aliphatic hydroxyl groups excluding tert-OH is 1. The molecule has 0 bridgehead atoms. The molecule has 0 saturated carbocycles. The van der Waals surface area contributed by atoms with Gasteiger partial charge in [-0.1, -0.05) is 18.2 Å². The number of ketones is 1. The van der Waals surface area contributed by atoms with Crippen molar-refractivity contribution in [2.24, 2.45) is 0 Å². The summed E-state index contributed by atoms with van der Waals surface area (Å²) in [6.45, 7) is 3.94. The number of aliphatic hydroxyl groups is 1. The van der Waals surface area contributed by atoms with E-state index in [1.165, 1.54) is 12.0 Å². The van der Waals surface area contributed by atoms with Crippen LogP contribution in [0.15, 0.2) is 66.5 Å². The van der Waals surface area contributed by atoms with Crippen molar-refractivity contribution in [3.63, 3.8) is 0 Å². The van der Waals surface area contributed by atoms with Crippen molar-refractivity contribution in [3.8, 4) is 11.5 Å². The summed E-state index contributed by atoms with van der Waals surface area (Å²) in [5.41, 5.74) is 3.61. The van der Waals surface area contributed by atoms with E-state index in [0.29, 0.717) is 22.6 Å². The molecule has 0 spiro atoms. The molecule has 2 heterocycles. The van der Waals surface area contributed by atoms with Gasteiger partial charge in [-0.05, 0) is 66.4 Å². The zero-order chi connectivity index (χ0) is 24.4.